The summed E-state index contributed by atoms with van der Waals surface area (Å²) >= 11 is 0. The van der Waals surface area contributed by atoms with Gasteiger partial charge in [-0.15, -0.1) is 0 Å². The second-order valence-electron chi connectivity index (χ2n) is 9.11. The molecule has 0 bridgehead atoms. The lowest BCUT2D eigenvalue weighted by Crippen LogP contribution is -2.46. The summed E-state index contributed by atoms with van der Waals surface area (Å²) in [5.74, 6) is 0.684. The van der Waals surface area contributed by atoms with Gasteiger partial charge in [0.25, 0.3) is 0 Å². The molecule has 0 N–H and O–H groups in total. The number of rotatable bonds is 8. The van der Waals surface area contributed by atoms with Crippen LogP contribution in [0.15, 0.2) is 47.1 Å². The predicted molar refractivity (Wildman–Crippen MR) is 121 cm³/mol. The van der Waals surface area contributed by atoms with Gasteiger partial charge in [-0.25, -0.2) is 4.63 Å². The van der Waals surface area contributed by atoms with Crippen LogP contribution in [-0.4, -0.2) is 66.1 Å². The number of nitrogens with zero attached hydrogens (tertiary/aromatic N) is 4. The summed E-state index contributed by atoms with van der Waals surface area (Å²) in [4.78, 5) is 5.27. The zero-order valence-corrected chi connectivity index (χ0v) is 18.4. The molecule has 164 valence electrons. The van der Waals surface area contributed by atoms with Crippen molar-refractivity contribution >= 4 is 11.0 Å². The zero-order chi connectivity index (χ0) is 21.0. The van der Waals surface area contributed by atoms with Crippen molar-refractivity contribution in [2.24, 2.45) is 5.92 Å². The molecular weight excluding hydrogens is 388 g/mol. The lowest BCUT2D eigenvalue weighted by atomic mass is 9.95. The van der Waals surface area contributed by atoms with Gasteiger partial charge in [-0.05, 0) is 71.2 Å². The topological polar surface area (TPSA) is 54.6 Å². The molecule has 2 aliphatic rings. The monoisotopic (exact) mass is 420 g/mol. The third kappa shape index (κ3) is 4.66. The molecule has 1 atom stereocenters. The van der Waals surface area contributed by atoms with E-state index in [4.69, 9.17) is 9.37 Å². The van der Waals surface area contributed by atoms with Crippen LogP contribution in [0.4, 0.5) is 0 Å². The molecule has 2 aromatic carbocycles. The first-order valence-electron chi connectivity index (χ1n) is 11.5. The fourth-order valence-electron chi connectivity index (χ4n) is 5.42. The van der Waals surface area contributed by atoms with E-state index in [0.29, 0.717) is 12.0 Å². The smallest absolute Gasteiger partial charge is 0.139 e. The number of ether oxygens (including phenoxy) is 1. The highest BCUT2D eigenvalue weighted by Crippen LogP contribution is 2.29. The molecule has 1 saturated heterocycles. The van der Waals surface area contributed by atoms with Crippen molar-refractivity contribution in [3.05, 3.63) is 59.2 Å². The van der Waals surface area contributed by atoms with Gasteiger partial charge in [-0.2, -0.15) is 0 Å². The van der Waals surface area contributed by atoms with Crippen LogP contribution in [0.5, 0.6) is 0 Å². The van der Waals surface area contributed by atoms with E-state index in [1.807, 2.05) is 12.1 Å². The van der Waals surface area contributed by atoms with E-state index < -0.39 is 0 Å². The SMILES string of the molecule is COCCN(Cc1cccc2nonc12)C[C@@H]1CCCN(C2Cc3ccccc3C2)C1. The molecule has 6 nitrogen and oxygen atoms in total. The molecule has 6 heteroatoms. The Hall–Kier alpha value is -2.28. The molecule has 1 fully saturated rings. The highest BCUT2D eigenvalue weighted by atomic mass is 16.6. The van der Waals surface area contributed by atoms with Gasteiger partial charge in [-0.1, -0.05) is 36.4 Å². The van der Waals surface area contributed by atoms with Gasteiger partial charge in [0, 0.05) is 39.3 Å². The fraction of sp³-hybridized carbons (Fsp3) is 0.520. The van der Waals surface area contributed by atoms with E-state index in [1.165, 1.54) is 44.3 Å². The third-order valence-electron chi connectivity index (χ3n) is 6.99. The Kier molecular flexibility index (Phi) is 6.30. The highest BCUT2D eigenvalue weighted by molar-refractivity contribution is 5.76. The van der Waals surface area contributed by atoms with Crippen molar-refractivity contribution < 1.29 is 9.37 Å². The molecule has 0 saturated carbocycles. The van der Waals surface area contributed by atoms with Crippen LogP contribution in [0.3, 0.4) is 0 Å². The molecule has 1 aliphatic carbocycles. The van der Waals surface area contributed by atoms with E-state index in [-0.39, 0.29) is 0 Å². The number of likely N-dealkylation sites (tertiary alicyclic amines) is 1. The molecule has 1 aromatic heterocycles. The Labute approximate surface area is 184 Å². The lowest BCUT2D eigenvalue weighted by Gasteiger charge is -2.38. The number of fused-ring (bicyclic) bond motifs is 2. The molecule has 5 rings (SSSR count). The van der Waals surface area contributed by atoms with Crippen molar-refractivity contribution in [1.29, 1.82) is 0 Å². The number of aromatic nitrogens is 2. The number of hydrogen-bond acceptors (Lipinski definition) is 6. The van der Waals surface area contributed by atoms with Gasteiger partial charge in [0.1, 0.15) is 11.0 Å². The third-order valence-corrected chi connectivity index (χ3v) is 6.99. The van der Waals surface area contributed by atoms with Crippen LogP contribution in [0.2, 0.25) is 0 Å². The number of benzene rings is 2. The second kappa shape index (κ2) is 9.47. The van der Waals surface area contributed by atoms with E-state index in [2.05, 4.69) is 50.4 Å². The Morgan fingerprint density at radius 2 is 1.94 bits per heavy atom. The molecule has 0 unspecified atom stereocenters. The Morgan fingerprint density at radius 3 is 2.74 bits per heavy atom. The summed E-state index contributed by atoms with van der Waals surface area (Å²) in [5, 5.41) is 8.13. The first-order chi connectivity index (χ1) is 15.3. The zero-order valence-electron chi connectivity index (χ0n) is 18.4. The minimum Gasteiger partial charge on any atom is -0.383 e. The average molecular weight is 421 g/mol. The van der Waals surface area contributed by atoms with Gasteiger partial charge in [-0.3, -0.25) is 9.80 Å². The Morgan fingerprint density at radius 1 is 1.10 bits per heavy atom. The summed E-state index contributed by atoms with van der Waals surface area (Å²) in [5.41, 5.74) is 5.97. The van der Waals surface area contributed by atoms with Gasteiger partial charge in [0.2, 0.25) is 0 Å². The molecule has 0 amide bonds. The molecule has 0 radical (unpaired) electrons. The van der Waals surface area contributed by atoms with Gasteiger partial charge in [0.05, 0.1) is 6.61 Å². The van der Waals surface area contributed by atoms with Crippen LogP contribution in [0.1, 0.15) is 29.5 Å². The van der Waals surface area contributed by atoms with E-state index >= 15 is 0 Å². The summed E-state index contributed by atoms with van der Waals surface area (Å²) in [6, 6.07) is 15.8. The standard InChI is InChI=1S/C25H32N4O2/c1-30-13-12-28(18-22-9-4-10-24-25(22)27-31-26-24)16-19-6-5-11-29(17-19)23-14-20-7-2-3-8-21(20)15-23/h2-4,7-10,19,23H,5-6,11-18H2,1H3/t19-/m0/s1. The molecule has 0 spiro atoms. The summed E-state index contributed by atoms with van der Waals surface area (Å²) in [7, 11) is 1.78. The van der Waals surface area contributed by atoms with E-state index in [0.717, 1.165) is 37.3 Å². The van der Waals surface area contributed by atoms with Gasteiger partial charge >= 0.3 is 0 Å². The van der Waals surface area contributed by atoms with Gasteiger partial charge < -0.3 is 4.74 Å². The predicted octanol–water partition coefficient (Wildman–Crippen LogP) is 3.55. The Bertz CT molecular complexity index is 979. The van der Waals surface area contributed by atoms with Crippen molar-refractivity contribution in [2.75, 3.05) is 39.9 Å². The molecule has 31 heavy (non-hydrogen) atoms. The van der Waals surface area contributed by atoms with Crippen molar-refractivity contribution in [1.82, 2.24) is 20.1 Å². The maximum absolute atomic E-state index is 5.41. The van der Waals surface area contributed by atoms with Crippen molar-refractivity contribution in [3.8, 4) is 0 Å². The van der Waals surface area contributed by atoms with Gasteiger partial charge in [0.15, 0.2) is 0 Å². The normalized spacial score (nSPS) is 20.0. The minimum atomic E-state index is 0.669. The van der Waals surface area contributed by atoms with Crippen LogP contribution in [0.25, 0.3) is 11.0 Å². The maximum Gasteiger partial charge on any atom is 0.139 e. The van der Waals surface area contributed by atoms with E-state index in [9.17, 15) is 0 Å². The first kappa shape index (κ1) is 20.6. The Balaban J connectivity index is 1.24. The average Bonchev–Trinajstić information content (AvgIpc) is 3.45. The summed E-state index contributed by atoms with van der Waals surface area (Å²) in [6.07, 6.45) is 5.00. The largest absolute Gasteiger partial charge is 0.383 e. The first-order valence-corrected chi connectivity index (χ1v) is 11.5. The minimum absolute atomic E-state index is 0.669. The maximum atomic E-state index is 5.41. The van der Waals surface area contributed by atoms with E-state index in [1.54, 1.807) is 18.2 Å². The lowest BCUT2D eigenvalue weighted by molar-refractivity contribution is 0.0845. The second-order valence-corrected chi connectivity index (χ2v) is 9.11. The molecule has 3 aromatic rings. The van der Waals surface area contributed by atoms with Crippen LogP contribution in [-0.2, 0) is 24.1 Å². The quantitative estimate of drug-likeness (QED) is 0.556. The number of piperidine rings is 1. The number of methoxy groups -OCH3 is 1. The molecular formula is C25H32N4O2. The highest BCUT2D eigenvalue weighted by Gasteiger charge is 2.31. The van der Waals surface area contributed by atoms with Crippen molar-refractivity contribution in [3.63, 3.8) is 0 Å². The fourth-order valence-corrected chi connectivity index (χ4v) is 5.42. The molecule has 2 heterocycles. The molecule has 1 aliphatic heterocycles. The number of hydrogen-bond donors (Lipinski definition) is 0. The summed E-state index contributed by atoms with van der Waals surface area (Å²) < 4.78 is 10.4. The summed E-state index contributed by atoms with van der Waals surface area (Å²) in [6.45, 7) is 6.02. The van der Waals surface area contributed by atoms with Crippen LogP contribution < -0.4 is 0 Å². The van der Waals surface area contributed by atoms with Crippen molar-refractivity contribution in [2.45, 2.75) is 38.3 Å². The van der Waals surface area contributed by atoms with Crippen LogP contribution >= 0.6 is 0 Å². The van der Waals surface area contributed by atoms with Crippen LogP contribution in [0, 0.1) is 5.92 Å².